The fourth-order valence-electron chi connectivity index (χ4n) is 5.09. The van der Waals surface area contributed by atoms with Gasteiger partial charge in [0, 0.05) is 29.6 Å². The predicted molar refractivity (Wildman–Crippen MR) is 128 cm³/mol. The van der Waals surface area contributed by atoms with Crippen LogP contribution in [0, 0.1) is 0 Å². The number of aromatic nitrogens is 2. The van der Waals surface area contributed by atoms with Crippen LogP contribution in [0.5, 0.6) is 0 Å². The number of alkyl halides is 3. The van der Waals surface area contributed by atoms with Crippen LogP contribution in [0.2, 0.25) is 5.02 Å². The van der Waals surface area contributed by atoms with Gasteiger partial charge in [-0.15, -0.1) is 0 Å². The lowest BCUT2D eigenvalue weighted by Crippen LogP contribution is -2.43. The molecule has 1 saturated heterocycles. The minimum atomic E-state index is -4.33. The van der Waals surface area contributed by atoms with Crippen LogP contribution in [0.4, 0.5) is 23.8 Å². The molecule has 6 nitrogen and oxygen atoms in total. The number of likely N-dealkylation sites (tertiary alicyclic amines) is 1. The summed E-state index contributed by atoms with van der Waals surface area (Å²) in [5.41, 5.74) is 3.50. The zero-order chi connectivity index (χ0) is 24.6. The molecule has 1 aliphatic heterocycles. The highest BCUT2D eigenvalue weighted by Crippen LogP contribution is 2.34. The minimum Gasteiger partial charge on any atom is -0.333 e. The number of hydrogen-bond donors (Lipinski definition) is 2. The Morgan fingerprint density at radius 3 is 2.54 bits per heavy atom. The van der Waals surface area contributed by atoms with E-state index in [1.807, 2.05) is 30.3 Å². The van der Waals surface area contributed by atoms with Gasteiger partial charge in [0.05, 0.1) is 24.0 Å². The van der Waals surface area contributed by atoms with Crippen molar-refractivity contribution >= 4 is 23.4 Å². The monoisotopic (exact) mass is 503 g/mol. The van der Waals surface area contributed by atoms with Crippen molar-refractivity contribution in [2.75, 3.05) is 25.0 Å². The fraction of sp³-hybridized carbons (Fsp3) is 0.360. The van der Waals surface area contributed by atoms with Gasteiger partial charge >= 0.3 is 12.2 Å². The van der Waals surface area contributed by atoms with Crippen molar-refractivity contribution in [1.29, 1.82) is 0 Å². The molecule has 0 spiro atoms. The van der Waals surface area contributed by atoms with Gasteiger partial charge in [-0.25, -0.2) is 9.48 Å². The molecule has 35 heavy (non-hydrogen) atoms. The maximum Gasteiger partial charge on any atom is 0.401 e. The van der Waals surface area contributed by atoms with Gasteiger partial charge in [-0.2, -0.15) is 18.3 Å². The largest absolute Gasteiger partial charge is 0.401 e. The molecule has 0 saturated carbocycles. The summed E-state index contributed by atoms with van der Waals surface area (Å²) < 4.78 is 41.1. The van der Waals surface area contributed by atoms with Gasteiger partial charge in [-0.05, 0) is 43.0 Å². The molecule has 1 fully saturated rings. The summed E-state index contributed by atoms with van der Waals surface area (Å²) in [5.74, 6) is 0.224. The topological polar surface area (TPSA) is 62.2 Å². The summed E-state index contributed by atoms with van der Waals surface area (Å²) in [4.78, 5) is 14.5. The molecule has 10 heteroatoms. The molecule has 1 aromatic heterocycles. The molecule has 1 unspecified atom stereocenters. The molecular formula is C25H25ClF3N5O. The van der Waals surface area contributed by atoms with Crippen molar-refractivity contribution in [3.05, 3.63) is 76.4 Å². The molecule has 5 rings (SSSR count). The Morgan fingerprint density at radius 2 is 1.80 bits per heavy atom. The first kappa shape index (κ1) is 23.7. The van der Waals surface area contributed by atoms with Crippen molar-refractivity contribution < 1.29 is 18.0 Å². The van der Waals surface area contributed by atoms with E-state index in [2.05, 4.69) is 10.6 Å². The number of carbonyl (C=O) groups excluding carboxylic acids is 1. The summed E-state index contributed by atoms with van der Waals surface area (Å²) in [5, 5.41) is 11.0. The van der Waals surface area contributed by atoms with E-state index in [9.17, 15) is 18.0 Å². The number of fused-ring (bicyclic) bond motifs is 1. The SMILES string of the molecule is O=C(Nc1c2c(nn1-c1ccccc1)CCC2)N[C@@H]1CN(CC(F)(F)F)CC1c1ccccc1Cl. The first-order valence-electron chi connectivity index (χ1n) is 11.6. The molecule has 1 aliphatic carbocycles. The Balaban J connectivity index is 1.38. The summed E-state index contributed by atoms with van der Waals surface area (Å²) in [6, 6.07) is 15.6. The number of urea groups is 1. The Hall–Kier alpha value is -3.04. The van der Waals surface area contributed by atoms with Crippen LogP contribution in [-0.4, -0.2) is 52.6 Å². The van der Waals surface area contributed by atoms with Crippen LogP contribution in [0.1, 0.15) is 29.2 Å². The van der Waals surface area contributed by atoms with Crippen LogP contribution in [0.3, 0.4) is 0 Å². The lowest BCUT2D eigenvalue weighted by molar-refractivity contribution is -0.143. The zero-order valence-electron chi connectivity index (χ0n) is 18.9. The number of nitrogens with zero attached hydrogens (tertiary/aromatic N) is 3. The Kier molecular flexibility index (Phi) is 6.46. The first-order chi connectivity index (χ1) is 16.8. The molecule has 2 heterocycles. The average molecular weight is 504 g/mol. The molecule has 3 aromatic rings. The van der Waals surface area contributed by atoms with Crippen molar-refractivity contribution in [3.63, 3.8) is 0 Å². The van der Waals surface area contributed by atoms with E-state index in [1.165, 1.54) is 4.90 Å². The normalized spacial score (nSPS) is 20.1. The number of rotatable bonds is 5. The third-order valence-corrected chi connectivity index (χ3v) is 6.90. The number of hydrogen-bond acceptors (Lipinski definition) is 3. The molecule has 2 N–H and O–H groups in total. The number of anilines is 1. The lowest BCUT2D eigenvalue weighted by Gasteiger charge is -2.22. The van der Waals surface area contributed by atoms with Crippen LogP contribution in [-0.2, 0) is 12.8 Å². The maximum atomic E-state index is 13.2. The summed E-state index contributed by atoms with van der Waals surface area (Å²) in [7, 11) is 0. The van der Waals surface area contributed by atoms with Crippen LogP contribution in [0.15, 0.2) is 54.6 Å². The summed E-state index contributed by atoms with van der Waals surface area (Å²) >= 11 is 6.37. The smallest absolute Gasteiger partial charge is 0.333 e. The second-order valence-electron chi connectivity index (χ2n) is 9.02. The predicted octanol–water partition coefficient (Wildman–Crippen LogP) is 5.17. The molecule has 0 bridgehead atoms. The number of nitrogens with one attached hydrogen (secondary N) is 2. The number of amides is 2. The van der Waals surface area contributed by atoms with Crippen LogP contribution < -0.4 is 10.6 Å². The number of carbonyl (C=O) groups is 1. The third-order valence-electron chi connectivity index (χ3n) is 6.56. The molecule has 2 amide bonds. The van der Waals surface area contributed by atoms with E-state index in [1.54, 1.807) is 28.9 Å². The zero-order valence-corrected chi connectivity index (χ0v) is 19.6. The average Bonchev–Trinajstić information content (AvgIpc) is 3.50. The number of benzene rings is 2. The van der Waals surface area contributed by atoms with E-state index >= 15 is 0 Å². The fourth-order valence-corrected chi connectivity index (χ4v) is 5.37. The van der Waals surface area contributed by atoms with Crippen molar-refractivity contribution in [2.45, 2.75) is 37.4 Å². The third kappa shape index (κ3) is 5.16. The number of halogens is 4. The molecule has 2 atom stereocenters. The van der Waals surface area contributed by atoms with Gasteiger partial charge in [-0.3, -0.25) is 10.2 Å². The molecule has 2 aromatic carbocycles. The van der Waals surface area contributed by atoms with E-state index in [0.29, 0.717) is 10.8 Å². The highest BCUT2D eigenvalue weighted by Gasteiger charge is 2.41. The van der Waals surface area contributed by atoms with E-state index in [-0.39, 0.29) is 19.0 Å². The summed E-state index contributed by atoms with van der Waals surface area (Å²) in [6.45, 7) is -0.827. The summed E-state index contributed by atoms with van der Waals surface area (Å²) in [6.07, 6.45) is -1.71. The van der Waals surface area contributed by atoms with Crippen molar-refractivity contribution in [1.82, 2.24) is 20.0 Å². The lowest BCUT2D eigenvalue weighted by atomic mass is 9.94. The number of aryl methyl sites for hydroxylation is 1. The molecule has 0 radical (unpaired) electrons. The van der Waals surface area contributed by atoms with Gasteiger partial charge < -0.3 is 5.32 Å². The number of para-hydroxylation sites is 1. The van der Waals surface area contributed by atoms with Crippen LogP contribution >= 0.6 is 11.6 Å². The van der Waals surface area contributed by atoms with Gasteiger partial charge in [0.2, 0.25) is 0 Å². The van der Waals surface area contributed by atoms with Gasteiger partial charge in [-0.1, -0.05) is 48.0 Å². The first-order valence-corrected chi connectivity index (χ1v) is 11.9. The minimum absolute atomic E-state index is 0.0683. The molecular weight excluding hydrogens is 479 g/mol. The van der Waals surface area contributed by atoms with Gasteiger partial charge in [0.25, 0.3) is 0 Å². The Morgan fingerprint density at radius 1 is 1.06 bits per heavy atom. The highest BCUT2D eigenvalue weighted by molar-refractivity contribution is 6.31. The Bertz CT molecular complexity index is 1210. The molecule has 2 aliphatic rings. The Labute approximate surface area is 206 Å². The van der Waals surface area contributed by atoms with E-state index in [0.717, 1.165) is 41.8 Å². The van der Waals surface area contributed by atoms with Gasteiger partial charge in [0.1, 0.15) is 5.82 Å². The maximum absolute atomic E-state index is 13.2. The van der Waals surface area contributed by atoms with Crippen molar-refractivity contribution in [3.8, 4) is 5.69 Å². The second kappa shape index (κ2) is 9.54. The van der Waals surface area contributed by atoms with E-state index < -0.39 is 24.8 Å². The van der Waals surface area contributed by atoms with Crippen molar-refractivity contribution in [2.24, 2.45) is 0 Å². The van der Waals surface area contributed by atoms with E-state index in [4.69, 9.17) is 16.7 Å². The molecule has 184 valence electrons. The highest BCUT2D eigenvalue weighted by atomic mass is 35.5. The van der Waals surface area contributed by atoms with Crippen LogP contribution in [0.25, 0.3) is 5.69 Å². The second-order valence-corrected chi connectivity index (χ2v) is 9.42. The standard InChI is InChI=1S/C25H25ClF3N5O/c26-20-11-5-4-9-17(20)19-13-33(15-25(27,28)29)14-22(19)30-24(35)31-23-18-10-6-12-21(18)32-34(23)16-7-2-1-3-8-16/h1-5,7-9,11,19,22H,6,10,12-15H2,(H2,30,31,35)/t19?,22-/m1/s1. The van der Waals surface area contributed by atoms with Gasteiger partial charge in [0.15, 0.2) is 0 Å². The quantitative estimate of drug-likeness (QED) is 0.505.